The lowest BCUT2D eigenvalue weighted by Gasteiger charge is -2.10. The van der Waals surface area contributed by atoms with E-state index in [2.05, 4.69) is 0 Å². The van der Waals surface area contributed by atoms with Crippen LogP contribution in [0.15, 0.2) is 18.2 Å². The van der Waals surface area contributed by atoms with Crippen LogP contribution in [0.4, 0.5) is 0 Å². The van der Waals surface area contributed by atoms with Crippen LogP contribution in [0.25, 0.3) is 0 Å². The Morgan fingerprint density at radius 3 is 2.68 bits per heavy atom. The van der Waals surface area contributed by atoms with Gasteiger partial charge in [-0.25, -0.2) is 8.42 Å². The first-order valence-corrected chi connectivity index (χ1v) is 8.32. The Bertz CT molecular complexity index is 553. The van der Waals surface area contributed by atoms with Crippen molar-refractivity contribution in [3.8, 4) is 5.75 Å². The highest BCUT2D eigenvalue weighted by Gasteiger charge is 2.08. The Hall–Kier alpha value is -1.14. The van der Waals surface area contributed by atoms with Crippen LogP contribution in [-0.2, 0) is 9.84 Å². The summed E-state index contributed by atoms with van der Waals surface area (Å²) < 4.78 is 28.3. The molecule has 106 valence electrons. The van der Waals surface area contributed by atoms with E-state index >= 15 is 0 Å². The molecule has 19 heavy (non-hydrogen) atoms. The highest BCUT2D eigenvalue weighted by Crippen LogP contribution is 2.19. The van der Waals surface area contributed by atoms with Gasteiger partial charge in [0, 0.05) is 11.3 Å². The van der Waals surface area contributed by atoms with Crippen molar-refractivity contribution in [1.29, 1.82) is 0 Å². The molecule has 0 heterocycles. The molecule has 1 aromatic rings. The molecule has 0 aliphatic rings. The molecule has 0 aliphatic carbocycles. The average molecular weight is 301 g/mol. The number of hydrogen-bond acceptors (Lipinski definition) is 4. The molecule has 6 heteroatoms. The second-order valence-electron chi connectivity index (χ2n) is 4.28. The lowest BCUT2D eigenvalue weighted by molar-refractivity contribution is 0.315. The minimum atomic E-state index is -2.93. The molecule has 0 unspecified atom stereocenters. The molecular weight excluding hydrogens is 282 g/mol. The van der Waals surface area contributed by atoms with E-state index in [9.17, 15) is 8.42 Å². The lowest BCUT2D eigenvalue weighted by atomic mass is 10.1. The molecule has 4 nitrogen and oxygen atoms in total. The largest absolute Gasteiger partial charge is 0.493 e. The Balaban J connectivity index is 2.58. The number of aryl methyl sites for hydroxylation is 1. The molecule has 0 bridgehead atoms. The van der Waals surface area contributed by atoms with Crippen molar-refractivity contribution in [2.45, 2.75) is 20.3 Å². The van der Waals surface area contributed by atoms with Crippen molar-refractivity contribution < 1.29 is 13.2 Å². The first-order valence-electron chi connectivity index (χ1n) is 6.09. The summed E-state index contributed by atoms with van der Waals surface area (Å²) in [5, 5.41) is 0. The van der Waals surface area contributed by atoms with E-state index in [1.807, 2.05) is 19.1 Å². The zero-order valence-electron chi connectivity index (χ0n) is 11.2. The Morgan fingerprint density at radius 2 is 2.11 bits per heavy atom. The van der Waals surface area contributed by atoms with Crippen LogP contribution in [-0.4, -0.2) is 31.5 Å². The van der Waals surface area contributed by atoms with E-state index < -0.39 is 9.84 Å². The third kappa shape index (κ3) is 5.16. The topological polar surface area (TPSA) is 69.4 Å². The van der Waals surface area contributed by atoms with E-state index in [0.29, 0.717) is 23.8 Å². The maximum absolute atomic E-state index is 11.3. The van der Waals surface area contributed by atoms with Crippen LogP contribution in [0, 0.1) is 6.92 Å². The summed E-state index contributed by atoms with van der Waals surface area (Å²) in [4.78, 5) is 0.318. The summed E-state index contributed by atoms with van der Waals surface area (Å²) in [5.41, 5.74) is 7.28. The normalized spacial score (nSPS) is 11.3. The molecule has 0 spiro atoms. The van der Waals surface area contributed by atoms with Gasteiger partial charge in [0.2, 0.25) is 0 Å². The van der Waals surface area contributed by atoms with Gasteiger partial charge in [-0.05, 0) is 25.0 Å². The van der Waals surface area contributed by atoms with Gasteiger partial charge in [0.1, 0.15) is 20.6 Å². The Kier molecular flexibility index (Phi) is 5.75. The summed E-state index contributed by atoms with van der Waals surface area (Å²) >= 11 is 4.91. The number of hydrogen-bond donors (Lipinski definition) is 1. The van der Waals surface area contributed by atoms with Gasteiger partial charge in [-0.1, -0.05) is 31.3 Å². The van der Waals surface area contributed by atoms with Crippen molar-refractivity contribution in [2.75, 3.05) is 18.1 Å². The molecule has 0 aromatic heterocycles. The van der Waals surface area contributed by atoms with Gasteiger partial charge >= 0.3 is 0 Å². The number of sulfone groups is 1. The quantitative estimate of drug-likeness (QED) is 0.614. The van der Waals surface area contributed by atoms with E-state index in [-0.39, 0.29) is 11.5 Å². The molecule has 0 radical (unpaired) electrons. The van der Waals surface area contributed by atoms with Crippen LogP contribution < -0.4 is 10.5 Å². The Morgan fingerprint density at radius 1 is 1.42 bits per heavy atom. The highest BCUT2D eigenvalue weighted by atomic mass is 32.2. The second-order valence-corrected chi connectivity index (χ2v) is 7.20. The zero-order valence-corrected chi connectivity index (χ0v) is 12.8. The van der Waals surface area contributed by atoms with E-state index in [1.165, 1.54) is 0 Å². The summed E-state index contributed by atoms with van der Waals surface area (Å²) in [6, 6.07) is 5.50. The average Bonchev–Trinajstić information content (AvgIpc) is 2.36. The van der Waals surface area contributed by atoms with Crippen LogP contribution in [0.2, 0.25) is 0 Å². The molecule has 0 aliphatic heterocycles. The van der Waals surface area contributed by atoms with Crippen LogP contribution >= 0.6 is 12.2 Å². The highest BCUT2D eigenvalue weighted by molar-refractivity contribution is 7.91. The van der Waals surface area contributed by atoms with Gasteiger partial charge in [0.25, 0.3) is 0 Å². The van der Waals surface area contributed by atoms with Crippen molar-refractivity contribution in [2.24, 2.45) is 5.73 Å². The van der Waals surface area contributed by atoms with Crippen molar-refractivity contribution in [1.82, 2.24) is 0 Å². The molecule has 0 atom stereocenters. The number of thiocarbonyl (C=S) groups is 1. The number of benzene rings is 1. The molecule has 1 rings (SSSR count). The van der Waals surface area contributed by atoms with E-state index in [1.54, 1.807) is 13.0 Å². The first-order chi connectivity index (χ1) is 8.85. The number of nitrogens with two attached hydrogens (primary N) is 1. The predicted molar refractivity (Wildman–Crippen MR) is 81.5 cm³/mol. The van der Waals surface area contributed by atoms with Gasteiger partial charge in [0.05, 0.1) is 12.4 Å². The van der Waals surface area contributed by atoms with E-state index in [0.717, 1.165) is 11.1 Å². The maximum Gasteiger partial charge on any atom is 0.150 e. The monoisotopic (exact) mass is 301 g/mol. The van der Waals surface area contributed by atoms with Crippen LogP contribution in [0.1, 0.15) is 24.5 Å². The molecule has 0 fully saturated rings. The molecule has 1 aromatic carbocycles. The molecule has 0 amide bonds. The SMILES string of the molecule is CCS(=O)(=O)CCCOc1cc(C(N)=S)ccc1C. The van der Waals surface area contributed by atoms with E-state index in [4.69, 9.17) is 22.7 Å². The summed E-state index contributed by atoms with van der Waals surface area (Å²) in [6.45, 7) is 3.92. The minimum Gasteiger partial charge on any atom is -0.493 e. The third-order valence-corrected chi connectivity index (χ3v) is 4.80. The van der Waals surface area contributed by atoms with Gasteiger partial charge in [-0.2, -0.15) is 0 Å². The zero-order chi connectivity index (χ0) is 14.5. The number of ether oxygens (including phenoxy) is 1. The minimum absolute atomic E-state index is 0.150. The van der Waals surface area contributed by atoms with Gasteiger partial charge < -0.3 is 10.5 Å². The molecule has 0 saturated carbocycles. The smallest absolute Gasteiger partial charge is 0.150 e. The van der Waals surface area contributed by atoms with Crippen molar-refractivity contribution in [3.05, 3.63) is 29.3 Å². The maximum atomic E-state index is 11.3. The Labute approximate surface area is 119 Å². The lowest BCUT2D eigenvalue weighted by Crippen LogP contribution is -2.13. The van der Waals surface area contributed by atoms with Gasteiger partial charge in [-0.15, -0.1) is 0 Å². The fourth-order valence-electron chi connectivity index (χ4n) is 1.51. The van der Waals surface area contributed by atoms with Gasteiger partial charge in [-0.3, -0.25) is 0 Å². The number of rotatable bonds is 7. The van der Waals surface area contributed by atoms with Crippen LogP contribution in [0.5, 0.6) is 5.75 Å². The standard InChI is InChI=1S/C13H19NO3S2/c1-3-19(15,16)8-4-7-17-12-9-11(13(14)18)6-5-10(12)2/h5-6,9H,3-4,7-8H2,1-2H3,(H2,14,18). The summed E-state index contributed by atoms with van der Waals surface area (Å²) in [6.07, 6.45) is 0.479. The van der Waals surface area contributed by atoms with Crippen molar-refractivity contribution >= 4 is 27.0 Å². The summed E-state index contributed by atoms with van der Waals surface area (Å²) in [5.74, 6) is 1.01. The third-order valence-electron chi connectivity index (χ3n) is 2.77. The second kappa shape index (κ2) is 6.86. The predicted octanol–water partition coefficient (Wildman–Crippen LogP) is 1.83. The molecular formula is C13H19NO3S2. The van der Waals surface area contributed by atoms with Crippen molar-refractivity contribution in [3.63, 3.8) is 0 Å². The molecule has 2 N–H and O–H groups in total. The fraction of sp³-hybridized carbons (Fsp3) is 0.462. The van der Waals surface area contributed by atoms with Gasteiger partial charge in [0.15, 0.2) is 0 Å². The van der Waals surface area contributed by atoms with Crippen LogP contribution in [0.3, 0.4) is 0 Å². The fourth-order valence-corrected chi connectivity index (χ4v) is 2.49. The summed E-state index contributed by atoms with van der Waals surface area (Å²) in [7, 11) is -2.93. The first kappa shape index (κ1) is 15.9. The molecule has 0 saturated heterocycles.